The van der Waals surface area contributed by atoms with Gasteiger partial charge in [-0.25, -0.2) is 0 Å². The molecule has 1 aromatic carbocycles. The van der Waals surface area contributed by atoms with E-state index in [-0.39, 0.29) is 17.4 Å². The number of carbonyl (C=O) groups is 1. The van der Waals surface area contributed by atoms with E-state index < -0.39 is 0 Å². The van der Waals surface area contributed by atoms with Gasteiger partial charge in [-0.1, -0.05) is 30.3 Å². The molecule has 5 rings (SSSR count). The summed E-state index contributed by atoms with van der Waals surface area (Å²) in [7, 11) is 0. The Morgan fingerprint density at radius 1 is 1.10 bits per heavy atom. The zero-order valence-electron chi connectivity index (χ0n) is 16.8. The molecule has 29 heavy (non-hydrogen) atoms. The zero-order valence-corrected chi connectivity index (χ0v) is 16.8. The Hall–Kier alpha value is -2.40. The van der Waals surface area contributed by atoms with Crippen LogP contribution in [0.4, 0.5) is 5.69 Å². The van der Waals surface area contributed by atoms with Gasteiger partial charge in [0.15, 0.2) is 0 Å². The molecule has 1 aromatic heterocycles. The third-order valence-electron chi connectivity index (χ3n) is 6.85. The Morgan fingerprint density at radius 2 is 1.90 bits per heavy atom. The van der Waals surface area contributed by atoms with Gasteiger partial charge < -0.3 is 10.3 Å². The number of aromatic nitrogens is 1. The fourth-order valence-electron chi connectivity index (χ4n) is 5.16. The van der Waals surface area contributed by atoms with E-state index in [4.69, 9.17) is 0 Å². The highest BCUT2D eigenvalue weighted by Gasteiger charge is 2.45. The number of nitrogens with zero attached hydrogens (tertiary/aromatic N) is 1. The van der Waals surface area contributed by atoms with Crippen molar-refractivity contribution in [3.8, 4) is 0 Å². The Balaban J connectivity index is 1.31. The normalized spacial score (nSPS) is 24.3. The van der Waals surface area contributed by atoms with E-state index in [9.17, 15) is 9.59 Å². The van der Waals surface area contributed by atoms with Gasteiger partial charge in [0.25, 0.3) is 5.56 Å². The first-order chi connectivity index (χ1) is 14.2. The quantitative estimate of drug-likeness (QED) is 0.822. The molecule has 2 aliphatic carbocycles. The van der Waals surface area contributed by atoms with Crippen LogP contribution < -0.4 is 10.9 Å². The molecule has 152 valence electrons. The predicted octanol–water partition coefficient (Wildman–Crippen LogP) is 3.35. The van der Waals surface area contributed by atoms with E-state index in [0.717, 1.165) is 51.0 Å². The molecule has 5 nitrogen and oxygen atoms in total. The number of aromatic amines is 1. The number of aryl methyl sites for hydroxylation is 2. The summed E-state index contributed by atoms with van der Waals surface area (Å²) in [4.78, 5) is 31.1. The van der Waals surface area contributed by atoms with Crippen LogP contribution in [0.25, 0.3) is 0 Å². The van der Waals surface area contributed by atoms with E-state index in [0.29, 0.717) is 17.5 Å². The summed E-state index contributed by atoms with van der Waals surface area (Å²) in [5.74, 6) is 1.03. The van der Waals surface area contributed by atoms with Crippen LogP contribution in [0, 0.1) is 17.8 Å². The molecule has 3 aliphatic rings. The number of hydrogen-bond acceptors (Lipinski definition) is 3. The van der Waals surface area contributed by atoms with Crippen molar-refractivity contribution in [1.29, 1.82) is 0 Å². The lowest BCUT2D eigenvalue weighted by Gasteiger charge is -2.19. The number of likely N-dealkylation sites (tertiary alicyclic amines) is 1. The van der Waals surface area contributed by atoms with Crippen LogP contribution in [0.3, 0.4) is 0 Å². The lowest BCUT2D eigenvalue weighted by atomic mass is 9.90. The average Bonchev–Trinajstić information content (AvgIpc) is 3.49. The first-order valence-electron chi connectivity index (χ1n) is 11.0. The number of pyridine rings is 1. The molecule has 0 radical (unpaired) electrons. The number of nitrogens with one attached hydrogen (secondary N) is 2. The van der Waals surface area contributed by atoms with E-state index in [2.05, 4.69) is 39.5 Å². The van der Waals surface area contributed by atoms with Crippen molar-refractivity contribution in [2.75, 3.05) is 18.4 Å². The lowest BCUT2D eigenvalue weighted by molar-refractivity contribution is -0.120. The van der Waals surface area contributed by atoms with E-state index in [1.165, 1.54) is 24.0 Å². The molecule has 2 atom stereocenters. The van der Waals surface area contributed by atoms with Crippen LogP contribution in [0.2, 0.25) is 0 Å². The second kappa shape index (κ2) is 7.79. The number of amides is 1. The molecule has 0 bridgehead atoms. The van der Waals surface area contributed by atoms with Gasteiger partial charge in [0.05, 0.1) is 5.92 Å². The fraction of sp³-hybridized carbons (Fsp3) is 0.500. The number of fused-ring (bicyclic) bond motifs is 1. The van der Waals surface area contributed by atoms with Crippen LogP contribution in [0.15, 0.2) is 41.2 Å². The number of benzene rings is 1. The molecule has 2 N–H and O–H groups in total. The Kier molecular flexibility index (Phi) is 5.00. The second-order valence-corrected chi connectivity index (χ2v) is 9.00. The highest BCUT2D eigenvalue weighted by molar-refractivity contribution is 5.93. The van der Waals surface area contributed by atoms with Crippen molar-refractivity contribution >= 4 is 11.6 Å². The third kappa shape index (κ3) is 4.01. The summed E-state index contributed by atoms with van der Waals surface area (Å²) in [6.07, 6.45) is 6.64. The summed E-state index contributed by atoms with van der Waals surface area (Å²) < 4.78 is 0. The number of hydrogen-bond donors (Lipinski definition) is 2. The van der Waals surface area contributed by atoms with E-state index in [1.807, 2.05) is 12.1 Å². The minimum absolute atomic E-state index is 0.0127. The minimum Gasteiger partial charge on any atom is -0.324 e. The van der Waals surface area contributed by atoms with Crippen LogP contribution in [0.5, 0.6) is 0 Å². The summed E-state index contributed by atoms with van der Waals surface area (Å²) in [6, 6.07) is 12.4. The van der Waals surface area contributed by atoms with Gasteiger partial charge in [-0.15, -0.1) is 0 Å². The fourth-order valence-corrected chi connectivity index (χ4v) is 5.16. The molecule has 1 saturated carbocycles. The first-order valence-corrected chi connectivity index (χ1v) is 11.0. The van der Waals surface area contributed by atoms with Gasteiger partial charge in [0.1, 0.15) is 5.69 Å². The van der Waals surface area contributed by atoms with Crippen molar-refractivity contribution < 1.29 is 4.79 Å². The Labute approximate surface area is 171 Å². The number of anilines is 1. The standard InChI is InChI=1S/C24H29N3O2/c28-23(26-22-12-18-8-4-5-9-21(18)25-24(22)29)20-15-27(14-19(20)17-10-11-17)13-16-6-2-1-3-7-16/h1-3,6-7,12,17,19-20H,4-5,8-11,13-15H2,(H,25,29)(H,26,28)/t19-,20+/m0/s1. The maximum absolute atomic E-state index is 13.2. The van der Waals surface area contributed by atoms with Gasteiger partial charge in [0, 0.05) is 25.3 Å². The maximum Gasteiger partial charge on any atom is 0.271 e. The van der Waals surface area contributed by atoms with E-state index >= 15 is 0 Å². The Morgan fingerprint density at radius 3 is 2.69 bits per heavy atom. The summed E-state index contributed by atoms with van der Waals surface area (Å²) in [5.41, 5.74) is 3.77. The average molecular weight is 392 g/mol. The first kappa shape index (κ1) is 18.6. The topological polar surface area (TPSA) is 65.2 Å². The molecular formula is C24H29N3O2. The van der Waals surface area contributed by atoms with Crippen molar-refractivity contribution in [2.45, 2.75) is 45.1 Å². The van der Waals surface area contributed by atoms with Gasteiger partial charge in [-0.3, -0.25) is 14.5 Å². The minimum atomic E-state index is -0.166. The highest BCUT2D eigenvalue weighted by Crippen LogP contribution is 2.44. The molecule has 1 amide bonds. The Bertz CT molecular complexity index is 948. The predicted molar refractivity (Wildman–Crippen MR) is 114 cm³/mol. The smallest absolute Gasteiger partial charge is 0.271 e. The molecule has 1 saturated heterocycles. The van der Waals surface area contributed by atoms with E-state index in [1.54, 1.807) is 0 Å². The molecule has 2 fully saturated rings. The van der Waals surface area contributed by atoms with Gasteiger partial charge in [-0.2, -0.15) is 0 Å². The number of carbonyl (C=O) groups excluding carboxylic acids is 1. The van der Waals surface area contributed by atoms with Crippen LogP contribution in [-0.4, -0.2) is 28.9 Å². The monoisotopic (exact) mass is 391 g/mol. The molecule has 5 heteroatoms. The van der Waals surface area contributed by atoms with Gasteiger partial charge in [0.2, 0.25) is 5.91 Å². The molecule has 0 unspecified atom stereocenters. The number of rotatable bonds is 5. The van der Waals surface area contributed by atoms with Crippen molar-refractivity contribution in [3.05, 3.63) is 63.6 Å². The largest absolute Gasteiger partial charge is 0.324 e. The van der Waals surface area contributed by atoms with Crippen LogP contribution >= 0.6 is 0 Å². The second-order valence-electron chi connectivity index (χ2n) is 9.00. The third-order valence-corrected chi connectivity index (χ3v) is 6.85. The van der Waals surface area contributed by atoms with Crippen LogP contribution in [-0.2, 0) is 24.2 Å². The van der Waals surface area contributed by atoms with Gasteiger partial charge in [-0.05, 0) is 67.6 Å². The van der Waals surface area contributed by atoms with Crippen molar-refractivity contribution in [2.24, 2.45) is 17.8 Å². The number of H-pyrrole nitrogens is 1. The maximum atomic E-state index is 13.2. The molecule has 1 aliphatic heterocycles. The zero-order chi connectivity index (χ0) is 19.8. The molecule has 2 heterocycles. The molecular weight excluding hydrogens is 362 g/mol. The SMILES string of the molecule is O=C(Nc1cc2c([nH]c1=O)CCCC2)[C@@H]1CN(Cc2ccccc2)C[C@H]1C1CC1. The van der Waals surface area contributed by atoms with Crippen LogP contribution in [0.1, 0.15) is 42.5 Å². The van der Waals surface area contributed by atoms with Crippen molar-refractivity contribution in [3.63, 3.8) is 0 Å². The molecule has 2 aromatic rings. The summed E-state index contributed by atoms with van der Waals surface area (Å²) in [5, 5.41) is 2.99. The lowest BCUT2D eigenvalue weighted by Crippen LogP contribution is -2.32. The highest BCUT2D eigenvalue weighted by atomic mass is 16.2. The summed E-state index contributed by atoms with van der Waals surface area (Å²) in [6.45, 7) is 2.62. The van der Waals surface area contributed by atoms with Crippen molar-refractivity contribution in [1.82, 2.24) is 9.88 Å². The molecule has 0 spiro atoms. The summed E-state index contributed by atoms with van der Waals surface area (Å²) >= 11 is 0. The van der Waals surface area contributed by atoms with Gasteiger partial charge >= 0.3 is 0 Å².